The van der Waals surface area contributed by atoms with E-state index in [0.29, 0.717) is 37.2 Å². The molecular weight excluding hydrogens is 568 g/mol. The smallest absolute Gasteiger partial charge is 0.253 e. The minimum Gasteiger partial charge on any atom is -0.508 e. The molecule has 0 saturated carbocycles. The van der Waals surface area contributed by atoms with Gasteiger partial charge in [0.1, 0.15) is 5.75 Å². The van der Waals surface area contributed by atoms with Crippen LogP contribution < -0.4 is 10.1 Å². The quantitative estimate of drug-likeness (QED) is 0.158. The van der Waals surface area contributed by atoms with Gasteiger partial charge in [0.2, 0.25) is 10.0 Å². The average molecular weight is 615 g/mol. The van der Waals surface area contributed by atoms with Crippen LogP contribution in [0.15, 0.2) is 42.5 Å². The average Bonchev–Trinajstić information content (AvgIpc) is 2.96. The molecule has 2 unspecified atom stereocenters. The third-order valence-electron chi connectivity index (χ3n) is 6.83. The van der Waals surface area contributed by atoms with Crippen LogP contribution in [0.1, 0.15) is 85.7 Å². The molecule has 236 valence electrons. The van der Waals surface area contributed by atoms with E-state index in [-0.39, 0.29) is 30.2 Å². The molecule has 0 aliphatic carbocycles. The maximum atomic E-state index is 13.6. The van der Waals surface area contributed by atoms with Gasteiger partial charge in [0.25, 0.3) is 11.8 Å². The first kappa shape index (κ1) is 35.8. The van der Waals surface area contributed by atoms with Gasteiger partial charge in [-0.3, -0.25) is 9.59 Å². The number of phenols is 1. The summed E-state index contributed by atoms with van der Waals surface area (Å²) in [6.45, 7) is 10.4. The van der Waals surface area contributed by atoms with Crippen LogP contribution in [-0.4, -0.2) is 83.9 Å². The van der Waals surface area contributed by atoms with Gasteiger partial charge in [-0.25, -0.2) is 13.4 Å². The van der Waals surface area contributed by atoms with Crippen LogP contribution in [0.3, 0.4) is 0 Å². The molecule has 0 radical (unpaired) electrons. The summed E-state index contributed by atoms with van der Waals surface area (Å²) in [6, 6.07) is 10.1. The summed E-state index contributed by atoms with van der Waals surface area (Å²) in [5, 5.41) is 24.7. The molecule has 0 aromatic heterocycles. The Morgan fingerprint density at radius 2 is 1.53 bits per heavy atom. The molecule has 2 amide bonds. The van der Waals surface area contributed by atoms with E-state index in [2.05, 4.69) is 16.1 Å². The van der Waals surface area contributed by atoms with Crippen LogP contribution in [0.2, 0.25) is 0 Å². The van der Waals surface area contributed by atoms with E-state index < -0.39 is 33.3 Å². The van der Waals surface area contributed by atoms with Crippen LogP contribution in [0, 0.1) is 12.3 Å². The fraction of sp³-hybridized carbons (Fsp3) is 0.500. The largest absolute Gasteiger partial charge is 0.508 e. The maximum Gasteiger partial charge on any atom is 0.253 e. The Bertz CT molecular complexity index is 1350. The monoisotopic (exact) mass is 614 g/mol. The number of terminal acetylenes is 1. The van der Waals surface area contributed by atoms with E-state index in [1.165, 1.54) is 29.3 Å². The van der Waals surface area contributed by atoms with Crippen LogP contribution in [0.4, 0.5) is 0 Å². The lowest BCUT2D eigenvalue weighted by Gasteiger charge is -2.30. The van der Waals surface area contributed by atoms with Gasteiger partial charge in [-0.2, -0.15) is 0 Å². The number of carbonyl (C=O) groups excluding carboxylic acids is 2. The molecule has 4 N–H and O–H groups in total. The molecule has 0 spiro atoms. The molecule has 2 atom stereocenters. The Labute approximate surface area is 256 Å². The molecule has 0 heterocycles. The number of rotatable bonds is 17. The van der Waals surface area contributed by atoms with Gasteiger partial charge in [0.05, 0.1) is 17.4 Å². The first-order valence-electron chi connectivity index (χ1n) is 14.8. The molecule has 0 bridgehead atoms. The number of hydrogen-bond acceptors (Lipinski definition) is 7. The molecule has 0 fully saturated rings. The van der Waals surface area contributed by atoms with E-state index >= 15 is 0 Å². The van der Waals surface area contributed by atoms with Gasteiger partial charge in [-0.15, -0.1) is 11.3 Å². The first-order valence-corrected chi connectivity index (χ1v) is 16.3. The second-order valence-electron chi connectivity index (χ2n) is 10.9. The highest BCUT2D eigenvalue weighted by Gasteiger charge is 2.28. The van der Waals surface area contributed by atoms with E-state index in [9.17, 15) is 28.2 Å². The van der Waals surface area contributed by atoms with Gasteiger partial charge in [0.15, 0.2) is 0 Å². The standard InChI is InChI=1S/C32H46N4O6S/c1-7-15-35(16-8-2)32(40)27-19-24(10-4)18-26(21-27)31(39)33-29(20-25-11-13-28(37)14-12-25)30(38)22-36(17-9-3)34-43(41,42)23(5)6/h4,11-14,18-19,21,23,29-30,34,37-38H,7-9,15-17,20,22H2,1-3,5-6H3,(H,33,39). The number of nitrogens with zero attached hydrogens (tertiary/aromatic N) is 2. The fourth-order valence-corrected chi connectivity index (χ4v) is 5.24. The molecule has 0 saturated heterocycles. The number of aliphatic hydroxyl groups is 1. The topological polar surface area (TPSA) is 139 Å². The predicted octanol–water partition coefficient (Wildman–Crippen LogP) is 3.29. The molecule has 2 aromatic carbocycles. The summed E-state index contributed by atoms with van der Waals surface area (Å²) < 4.78 is 25.1. The van der Waals surface area contributed by atoms with E-state index in [0.717, 1.165) is 18.4 Å². The first-order chi connectivity index (χ1) is 20.3. The highest BCUT2D eigenvalue weighted by atomic mass is 32.2. The molecular formula is C32H46N4O6S. The van der Waals surface area contributed by atoms with Gasteiger partial charge in [0, 0.05) is 42.9 Å². The van der Waals surface area contributed by atoms with E-state index in [1.54, 1.807) is 36.9 Å². The van der Waals surface area contributed by atoms with E-state index in [1.807, 2.05) is 20.8 Å². The third-order valence-corrected chi connectivity index (χ3v) is 8.59. The molecule has 0 aliphatic rings. The van der Waals surface area contributed by atoms with Gasteiger partial charge >= 0.3 is 0 Å². The van der Waals surface area contributed by atoms with Crippen molar-refractivity contribution in [1.29, 1.82) is 0 Å². The predicted molar refractivity (Wildman–Crippen MR) is 169 cm³/mol. The van der Waals surface area contributed by atoms with Gasteiger partial charge in [-0.05, 0) is 75.4 Å². The molecule has 2 aromatic rings. The SMILES string of the molecule is C#Cc1cc(C(=O)NC(Cc2ccc(O)cc2)C(O)CN(CCC)NS(=O)(=O)C(C)C)cc(C(=O)N(CCC)CCC)c1. The summed E-state index contributed by atoms with van der Waals surface area (Å²) in [5.41, 5.74) is 1.57. The Balaban J connectivity index is 2.41. The highest BCUT2D eigenvalue weighted by molar-refractivity contribution is 7.90. The van der Waals surface area contributed by atoms with Crippen molar-refractivity contribution in [3.05, 3.63) is 64.7 Å². The van der Waals surface area contributed by atoms with Crippen molar-refractivity contribution in [2.45, 2.75) is 77.7 Å². The number of carbonyl (C=O) groups is 2. The minimum absolute atomic E-state index is 0.0746. The number of benzene rings is 2. The Kier molecular flexibility index (Phi) is 14.1. The summed E-state index contributed by atoms with van der Waals surface area (Å²) in [4.78, 5) is 31.2. The Morgan fingerprint density at radius 1 is 0.953 bits per heavy atom. The maximum absolute atomic E-state index is 13.6. The molecule has 11 heteroatoms. The highest BCUT2D eigenvalue weighted by Crippen LogP contribution is 2.17. The van der Waals surface area contributed by atoms with Crippen molar-refractivity contribution in [2.24, 2.45) is 0 Å². The summed E-state index contributed by atoms with van der Waals surface area (Å²) in [5.74, 6) is 1.83. The lowest BCUT2D eigenvalue weighted by atomic mass is 9.99. The van der Waals surface area contributed by atoms with Crippen molar-refractivity contribution < 1.29 is 28.2 Å². The second kappa shape index (κ2) is 17.0. The zero-order chi connectivity index (χ0) is 32.2. The Hall–Kier alpha value is -3.43. The molecule has 0 aliphatic heterocycles. The zero-order valence-electron chi connectivity index (χ0n) is 25.8. The van der Waals surface area contributed by atoms with Crippen molar-refractivity contribution in [3.63, 3.8) is 0 Å². The lowest BCUT2D eigenvalue weighted by Crippen LogP contribution is -2.54. The van der Waals surface area contributed by atoms with Crippen molar-refractivity contribution >= 4 is 21.8 Å². The van der Waals surface area contributed by atoms with Gasteiger partial charge in [-0.1, -0.05) is 38.8 Å². The van der Waals surface area contributed by atoms with Crippen LogP contribution in [0.25, 0.3) is 0 Å². The number of amides is 2. The fourth-order valence-electron chi connectivity index (χ4n) is 4.51. The van der Waals surface area contributed by atoms with Crippen molar-refractivity contribution in [3.8, 4) is 18.1 Å². The number of aliphatic hydroxyl groups excluding tert-OH is 1. The number of nitrogens with one attached hydrogen (secondary N) is 2. The van der Waals surface area contributed by atoms with Crippen LogP contribution in [0.5, 0.6) is 5.75 Å². The normalized spacial score (nSPS) is 13.0. The lowest BCUT2D eigenvalue weighted by molar-refractivity contribution is 0.0618. The van der Waals surface area contributed by atoms with Gasteiger partial charge < -0.3 is 20.4 Å². The van der Waals surface area contributed by atoms with Crippen molar-refractivity contribution in [2.75, 3.05) is 26.2 Å². The molecule has 2 rings (SSSR count). The summed E-state index contributed by atoms with van der Waals surface area (Å²) >= 11 is 0. The second-order valence-corrected chi connectivity index (χ2v) is 13.1. The number of hydrazine groups is 1. The Morgan fingerprint density at radius 3 is 2.07 bits per heavy atom. The minimum atomic E-state index is -3.66. The summed E-state index contributed by atoms with van der Waals surface area (Å²) in [6.07, 6.45) is 6.85. The number of phenolic OH excluding ortho intramolecular Hbond substituents is 1. The van der Waals surface area contributed by atoms with Crippen LogP contribution >= 0.6 is 0 Å². The van der Waals surface area contributed by atoms with Crippen molar-refractivity contribution in [1.82, 2.24) is 20.1 Å². The molecule has 43 heavy (non-hydrogen) atoms. The third kappa shape index (κ3) is 11.0. The number of hydrogen-bond donors (Lipinski definition) is 4. The molecule has 10 nitrogen and oxygen atoms in total. The zero-order valence-corrected chi connectivity index (χ0v) is 26.7. The number of aromatic hydroxyl groups is 1. The van der Waals surface area contributed by atoms with E-state index in [4.69, 9.17) is 6.42 Å². The summed E-state index contributed by atoms with van der Waals surface area (Å²) in [7, 11) is -3.66. The number of sulfonamides is 1. The van der Waals surface area contributed by atoms with Crippen LogP contribution in [-0.2, 0) is 16.4 Å².